The molecule has 1 rings (SSSR count). The van der Waals surface area contributed by atoms with Crippen LogP contribution in [0.3, 0.4) is 0 Å². The quantitative estimate of drug-likeness (QED) is 0.847. The third-order valence-electron chi connectivity index (χ3n) is 2.68. The molecule has 0 radical (unpaired) electrons. The zero-order chi connectivity index (χ0) is 13.7. The summed E-state index contributed by atoms with van der Waals surface area (Å²) in [6.45, 7) is 4.28. The predicted octanol–water partition coefficient (Wildman–Crippen LogP) is 2.66. The van der Waals surface area contributed by atoms with Crippen LogP contribution in [0.25, 0.3) is 0 Å². The first-order valence-corrected chi connectivity index (χ1v) is 6.53. The lowest BCUT2D eigenvalue weighted by atomic mass is 10.0. The van der Waals surface area contributed by atoms with Crippen molar-refractivity contribution in [1.82, 2.24) is 5.32 Å². The van der Waals surface area contributed by atoms with E-state index in [1.165, 1.54) is 0 Å². The summed E-state index contributed by atoms with van der Waals surface area (Å²) in [6, 6.07) is 5.15. The van der Waals surface area contributed by atoms with E-state index in [0.29, 0.717) is 6.54 Å². The van der Waals surface area contributed by atoms with Gasteiger partial charge < -0.3 is 15.2 Å². The first-order valence-electron chi connectivity index (χ1n) is 5.74. The summed E-state index contributed by atoms with van der Waals surface area (Å²) in [7, 11) is 1.61. The molecule has 1 aromatic rings. The maximum absolute atomic E-state index is 11.0. The molecule has 0 spiro atoms. The molecule has 0 aliphatic carbocycles. The average molecular weight is 316 g/mol. The van der Waals surface area contributed by atoms with Crippen molar-refractivity contribution in [3.05, 3.63) is 28.2 Å². The number of benzene rings is 1. The van der Waals surface area contributed by atoms with E-state index in [4.69, 9.17) is 9.84 Å². The van der Waals surface area contributed by atoms with E-state index >= 15 is 0 Å². The van der Waals surface area contributed by atoms with E-state index < -0.39 is 12.0 Å². The molecular formula is C13H18BrNO3. The molecule has 2 N–H and O–H groups in total. The summed E-state index contributed by atoms with van der Waals surface area (Å²) < 4.78 is 6.00. The van der Waals surface area contributed by atoms with Crippen molar-refractivity contribution in [3.8, 4) is 5.75 Å². The third-order valence-corrected chi connectivity index (χ3v) is 3.29. The van der Waals surface area contributed by atoms with Crippen molar-refractivity contribution in [3.63, 3.8) is 0 Å². The van der Waals surface area contributed by atoms with Crippen LogP contribution < -0.4 is 10.1 Å². The molecule has 0 aliphatic rings. The Morgan fingerprint density at radius 1 is 1.50 bits per heavy atom. The molecule has 0 saturated carbocycles. The van der Waals surface area contributed by atoms with E-state index in [2.05, 4.69) is 21.2 Å². The second-order valence-corrected chi connectivity index (χ2v) is 5.26. The Kier molecular flexibility index (Phi) is 5.62. The van der Waals surface area contributed by atoms with Crippen molar-refractivity contribution >= 4 is 21.9 Å². The van der Waals surface area contributed by atoms with Crippen LogP contribution in [0.5, 0.6) is 5.75 Å². The molecular weight excluding hydrogens is 298 g/mol. The van der Waals surface area contributed by atoms with Gasteiger partial charge in [0, 0.05) is 6.54 Å². The molecule has 0 heterocycles. The Balaban J connectivity index is 2.68. The molecule has 0 aliphatic heterocycles. The van der Waals surface area contributed by atoms with Crippen LogP contribution in [-0.4, -0.2) is 24.2 Å². The van der Waals surface area contributed by atoms with Crippen LogP contribution in [0, 0.1) is 5.92 Å². The van der Waals surface area contributed by atoms with Gasteiger partial charge in [-0.25, -0.2) is 0 Å². The molecule has 0 bridgehead atoms. The fourth-order valence-electron chi connectivity index (χ4n) is 1.66. The van der Waals surface area contributed by atoms with Crippen LogP contribution in [0.1, 0.15) is 19.4 Å². The first-order chi connectivity index (χ1) is 8.45. The number of aliphatic carboxylic acids is 1. The summed E-state index contributed by atoms with van der Waals surface area (Å²) >= 11 is 3.40. The number of nitrogens with one attached hydrogen (secondary N) is 1. The maximum atomic E-state index is 11.0. The zero-order valence-corrected chi connectivity index (χ0v) is 12.3. The predicted molar refractivity (Wildman–Crippen MR) is 73.8 cm³/mol. The van der Waals surface area contributed by atoms with Gasteiger partial charge in [-0.3, -0.25) is 4.79 Å². The number of carbonyl (C=O) groups is 1. The van der Waals surface area contributed by atoms with E-state index in [9.17, 15) is 4.79 Å². The lowest BCUT2D eigenvalue weighted by molar-refractivity contribution is -0.140. The van der Waals surface area contributed by atoms with Crippen LogP contribution in [0.4, 0.5) is 0 Å². The van der Waals surface area contributed by atoms with Gasteiger partial charge in [-0.2, -0.15) is 0 Å². The monoisotopic (exact) mass is 315 g/mol. The fraction of sp³-hybridized carbons (Fsp3) is 0.462. The van der Waals surface area contributed by atoms with E-state index in [-0.39, 0.29) is 5.92 Å². The molecule has 0 amide bonds. The number of carboxylic acid groups (broad SMARTS) is 1. The summed E-state index contributed by atoms with van der Waals surface area (Å²) in [5, 5.41) is 12.1. The lowest BCUT2D eigenvalue weighted by Gasteiger charge is -2.18. The van der Waals surface area contributed by atoms with Gasteiger partial charge in [0.15, 0.2) is 0 Å². The SMILES string of the molecule is COc1ccc(CN[C@H](C(=O)O)C(C)C)cc1Br. The number of carboxylic acids is 1. The Hall–Kier alpha value is -1.07. The molecule has 0 fully saturated rings. The van der Waals surface area contributed by atoms with E-state index in [1.54, 1.807) is 7.11 Å². The van der Waals surface area contributed by atoms with E-state index in [0.717, 1.165) is 15.8 Å². The summed E-state index contributed by atoms with van der Waals surface area (Å²) in [4.78, 5) is 11.0. The van der Waals surface area contributed by atoms with Crippen molar-refractivity contribution in [2.24, 2.45) is 5.92 Å². The van der Waals surface area contributed by atoms with Crippen molar-refractivity contribution in [2.45, 2.75) is 26.4 Å². The standard InChI is InChI=1S/C13H18BrNO3/c1-8(2)12(13(16)17)15-7-9-4-5-11(18-3)10(14)6-9/h4-6,8,12,15H,7H2,1-3H3,(H,16,17)/t12-/m0/s1. The molecule has 18 heavy (non-hydrogen) atoms. The van der Waals surface area contributed by atoms with Gasteiger partial charge in [0.05, 0.1) is 11.6 Å². The third kappa shape index (κ3) is 3.99. The summed E-state index contributed by atoms with van der Waals surface area (Å²) in [5.41, 5.74) is 1.01. The molecule has 4 nitrogen and oxygen atoms in total. The van der Waals surface area contributed by atoms with Gasteiger partial charge in [-0.05, 0) is 39.5 Å². The van der Waals surface area contributed by atoms with Gasteiger partial charge in [0.2, 0.25) is 0 Å². The smallest absolute Gasteiger partial charge is 0.320 e. The lowest BCUT2D eigenvalue weighted by Crippen LogP contribution is -2.40. The Morgan fingerprint density at radius 3 is 2.61 bits per heavy atom. The second-order valence-electron chi connectivity index (χ2n) is 4.41. The van der Waals surface area contributed by atoms with Crippen LogP contribution in [0.15, 0.2) is 22.7 Å². The number of hydrogen-bond acceptors (Lipinski definition) is 3. The molecule has 1 aromatic carbocycles. The van der Waals surface area contributed by atoms with Crippen LogP contribution >= 0.6 is 15.9 Å². The van der Waals surface area contributed by atoms with E-state index in [1.807, 2.05) is 32.0 Å². The zero-order valence-electron chi connectivity index (χ0n) is 10.7. The number of hydrogen-bond donors (Lipinski definition) is 2. The van der Waals surface area contributed by atoms with Gasteiger partial charge in [0.25, 0.3) is 0 Å². The molecule has 0 unspecified atom stereocenters. The maximum Gasteiger partial charge on any atom is 0.320 e. The summed E-state index contributed by atoms with van der Waals surface area (Å²) in [6.07, 6.45) is 0. The number of rotatable bonds is 6. The highest BCUT2D eigenvalue weighted by Gasteiger charge is 2.20. The highest BCUT2D eigenvalue weighted by Crippen LogP contribution is 2.25. The largest absolute Gasteiger partial charge is 0.496 e. The fourth-order valence-corrected chi connectivity index (χ4v) is 2.24. The van der Waals surface area contributed by atoms with Gasteiger partial charge in [-0.1, -0.05) is 19.9 Å². The molecule has 1 atom stereocenters. The summed E-state index contributed by atoms with van der Waals surface area (Å²) in [5.74, 6) is -0.0147. The average Bonchev–Trinajstić information content (AvgIpc) is 2.28. The topological polar surface area (TPSA) is 58.6 Å². The first kappa shape index (κ1) is 15.0. The Labute approximate surface area is 115 Å². The van der Waals surface area contributed by atoms with Gasteiger partial charge in [-0.15, -0.1) is 0 Å². The number of methoxy groups -OCH3 is 1. The highest BCUT2D eigenvalue weighted by molar-refractivity contribution is 9.10. The minimum atomic E-state index is -0.822. The number of halogens is 1. The van der Waals surface area contributed by atoms with Crippen LogP contribution in [0.2, 0.25) is 0 Å². The van der Waals surface area contributed by atoms with Gasteiger partial charge >= 0.3 is 5.97 Å². The number of ether oxygens (including phenoxy) is 1. The molecule has 0 aromatic heterocycles. The minimum Gasteiger partial charge on any atom is -0.496 e. The molecule has 0 saturated heterocycles. The van der Waals surface area contributed by atoms with Crippen molar-refractivity contribution in [2.75, 3.05) is 7.11 Å². The van der Waals surface area contributed by atoms with Crippen molar-refractivity contribution < 1.29 is 14.6 Å². The van der Waals surface area contributed by atoms with Gasteiger partial charge in [0.1, 0.15) is 11.8 Å². The van der Waals surface area contributed by atoms with Crippen LogP contribution in [-0.2, 0) is 11.3 Å². The molecule has 5 heteroatoms. The Morgan fingerprint density at radius 2 is 2.17 bits per heavy atom. The minimum absolute atomic E-state index is 0.0455. The highest BCUT2D eigenvalue weighted by atomic mass is 79.9. The Bertz CT molecular complexity index is 421. The second kappa shape index (κ2) is 6.75. The normalized spacial score (nSPS) is 12.5. The van der Waals surface area contributed by atoms with Crippen molar-refractivity contribution in [1.29, 1.82) is 0 Å². The molecule has 100 valence electrons.